The third-order valence-corrected chi connectivity index (χ3v) is 3.87. The van der Waals surface area contributed by atoms with Crippen molar-refractivity contribution in [1.29, 1.82) is 0 Å². The summed E-state index contributed by atoms with van der Waals surface area (Å²) in [5.74, 6) is -0.224. The Labute approximate surface area is 121 Å². The largest absolute Gasteiger partial charge is 0.389 e. The number of nitrogens with zero attached hydrogens (tertiary/aromatic N) is 1. The van der Waals surface area contributed by atoms with Crippen LogP contribution in [0.15, 0.2) is 35.7 Å². The van der Waals surface area contributed by atoms with Gasteiger partial charge < -0.3 is 5.73 Å². The van der Waals surface area contributed by atoms with E-state index in [2.05, 4.69) is 11.0 Å². The Morgan fingerprint density at radius 2 is 2.16 bits per heavy atom. The van der Waals surface area contributed by atoms with Gasteiger partial charge in [-0.05, 0) is 36.7 Å². The molecule has 0 aliphatic rings. The van der Waals surface area contributed by atoms with Gasteiger partial charge in [0.15, 0.2) is 0 Å². The highest BCUT2D eigenvalue weighted by Gasteiger charge is 2.09. The number of thiocarbonyl (C=S) groups is 1. The predicted octanol–water partition coefficient (Wildman–Crippen LogP) is 3.15. The first kappa shape index (κ1) is 14.1. The molecule has 0 saturated heterocycles. The molecule has 0 bridgehead atoms. The summed E-state index contributed by atoms with van der Waals surface area (Å²) in [6, 6.07) is 8.84. The molecule has 0 fully saturated rings. The molecule has 1 heterocycles. The highest BCUT2D eigenvalue weighted by atomic mass is 32.1. The van der Waals surface area contributed by atoms with Crippen LogP contribution in [0.3, 0.4) is 0 Å². The molecule has 2 rings (SSSR count). The average molecular weight is 294 g/mol. The number of thiophene rings is 1. The van der Waals surface area contributed by atoms with Crippen molar-refractivity contribution in [2.45, 2.75) is 13.1 Å². The van der Waals surface area contributed by atoms with E-state index in [1.165, 1.54) is 10.9 Å². The lowest BCUT2D eigenvalue weighted by molar-refractivity contribution is 0.316. The van der Waals surface area contributed by atoms with E-state index in [0.717, 1.165) is 6.54 Å². The van der Waals surface area contributed by atoms with E-state index in [1.54, 1.807) is 23.5 Å². The van der Waals surface area contributed by atoms with Gasteiger partial charge in [0.2, 0.25) is 0 Å². The number of rotatable bonds is 5. The Bertz CT molecular complexity index is 567. The van der Waals surface area contributed by atoms with Crippen molar-refractivity contribution >= 4 is 28.5 Å². The first-order chi connectivity index (χ1) is 9.06. The van der Waals surface area contributed by atoms with Gasteiger partial charge in [-0.1, -0.05) is 18.3 Å². The van der Waals surface area contributed by atoms with Crippen LogP contribution in [-0.2, 0) is 13.1 Å². The zero-order valence-electron chi connectivity index (χ0n) is 10.6. The molecule has 2 N–H and O–H groups in total. The first-order valence-corrected chi connectivity index (χ1v) is 7.14. The Morgan fingerprint density at radius 1 is 1.37 bits per heavy atom. The van der Waals surface area contributed by atoms with E-state index in [-0.39, 0.29) is 5.82 Å². The molecule has 0 aliphatic carbocycles. The normalized spacial score (nSPS) is 10.9. The van der Waals surface area contributed by atoms with E-state index in [0.29, 0.717) is 22.7 Å². The molecule has 19 heavy (non-hydrogen) atoms. The fraction of sp³-hybridized carbons (Fsp3) is 0.214. The molecule has 2 nitrogen and oxygen atoms in total. The number of benzene rings is 1. The van der Waals surface area contributed by atoms with E-state index in [1.807, 2.05) is 18.5 Å². The second-order valence-electron chi connectivity index (χ2n) is 4.42. The zero-order chi connectivity index (χ0) is 13.8. The number of hydrogen-bond donors (Lipinski definition) is 1. The monoisotopic (exact) mass is 294 g/mol. The van der Waals surface area contributed by atoms with E-state index >= 15 is 0 Å². The summed E-state index contributed by atoms with van der Waals surface area (Å²) in [6.45, 7) is 1.33. The van der Waals surface area contributed by atoms with Gasteiger partial charge in [-0.3, -0.25) is 4.90 Å². The number of nitrogens with two attached hydrogens (primary N) is 1. The molecule has 0 saturated carbocycles. The third-order valence-electron chi connectivity index (χ3n) is 2.78. The summed E-state index contributed by atoms with van der Waals surface area (Å²) in [5, 5.41) is 2.04. The molecule has 1 aromatic carbocycles. The minimum absolute atomic E-state index is 0.224. The van der Waals surface area contributed by atoms with E-state index in [4.69, 9.17) is 18.0 Å². The molecule has 0 radical (unpaired) electrons. The van der Waals surface area contributed by atoms with Crippen molar-refractivity contribution in [3.63, 3.8) is 0 Å². The van der Waals surface area contributed by atoms with Crippen LogP contribution in [0.1, 0.15) is 16.0 Å². The second kappa shape index (κ2) is 6.23. The Hall–Kier alpha value is -1.30. The van der Waals surface area contributed by atoms with Crippen LogP contribution in [0, 0.1) is 5.82 Å². The number of halogens is 1. The Morgan fingerprint density at radius 3 is 2.79 bits per heavy atom. The molecular weight excluding hydrogens is 279 g/mol. The van der Waals surface area contributed by atoms with Gasteiger partial charge >= 0.3 is 0 Å². The summed E-state index contributed by atoms with van der Waals surface area (Å²) in [6.07, 6.45) is 0. The van der Waals surface area contributed by atoms with Crippen molar-refractivity contribution in [3.05, 3.63) is 57.5 Å². The molecule has 0 atom stereocenters. The standard InChI is InChI=1S/C14H15FN2S2/c1-17(9-12-3-2-6-19-12)8-11-7-10(14(16)18)4-5-13(11)15/h2-7H,8-9H2,1H3,(H2,16,18). The highest BCUT2D eigenvalue weighted by molar-refractivity contribution is 7.80. The molecular formula is C14H15FN2S2. The topological polar surface area (TPSA) is 29.3 Å². The van der Waals surface area contributed by atoms with E-state index in [9.17, 15) is 4.39 Å². The SMILES string of the molecule is CN(Cc1cccs1)Cc1cc(C(N)=S)ccc1F. The van der Waals surface area contributed by atoms with Gasteiger partial charge in [-0.2, -0.15) is 0 Å². The van der Waals surface area contributed by atoms with E-state index < -0.39 is 0 Å². The van der Waals surface area contributed by atoms with Crippen LogP contribution in [0.2, 0.25) is 0 Å². The lowest BCUT2D eigenvalue weighted by Crippen LogP contribution is -2.18. The lowest BCUT2D eigenvalue weighted by Gasteiger charge is -2.16. The molecule has 0 unspecified atom stereocenters. The maximum absolute atomic E-state index is 13.8. The fourth-order valence-electron chi connectivity index (χ4n) is 1.86. The second-order valence-corrected chi connectivity index (χ2v) is 5.89. The lowest BCUT2D eigenvalue weighted by atomic mass is 10.1. The summed E-state index contributed by atoms with van der Waals surface area (Å²) < 4.78 is 13.8. The molecule has 0 spiro atoms. The molecule has 0 amide bonds. The quantitative estimate of drug-likeness (QED) is 0.859. The van der Waals surface area contributed by atoms with Gasteiger partial charge in [0.25, 0.3) is 0 Å². The molecule has 5 heteroatoms. The van der Waals surface area contributed by atoms with Gasteiger partial charge in [0.1, 0.15) is 10.8 Å². The molecule has 2 aromatic rings. The van der Waals surface area contributed by atoms with Crippen LogP contribution in [0.5, 0.6) is 0 Å². The highest BCUT2D eigenvalue weighted by Crippen LogP contribution is 2.16. The molecule has 1 aromatic heterocycles. The fourth-order valence-corrected chi connectivity index (χ4v) is 2.78. The van der Waals surface area contributed by atoms with Crippen molar-refractivity contribution in [2.24, 2.45) is 5.73 Å². The summed E-state index contributed by atoms with van der Waals surface area (Å²) >= 11 is 6.61. The molecule has 0 aliphatic heterocycles. The van der Waals surface area contributed by atoms with Gasteiger partial charge in [0.05, 0.1) is 0 Å². The first-order valence-electron chi connectivity index (χ1n) is 5.85. The Kier molecular flexibility index (Phi) is 4.63. The van der Waals surface area contributed by atoms with Crippen molar-refractivity contribution in [1.82, 2.24) is 4.90 Å². The summed E-state index contributed by atoms with van der Waals surface area (Å²) in [5.41, 5.74) is 6.89. The van der Waals surface area contributed by atoms with Gasteiger partial charge in [-0.25, -0.2) is 4.39 Å². The maximum Gasteiger partial charge on any atom is 0.127 e. The predicted molar refractivity (Wildman–Crippen MR) is 81.8 cm³/mol. The third kappa shape index (κ3) is 3.83. The zero-order valence-corrected chi connectivity index (χ0v) is 12.2. The molecule has 100 valence electrons. The van der Waals surface area contributed by atoms with Crippen LogP contribution >= 0.6 is 23.6 Å². The van der Waals surface area contributed by atoms with Crippen molar-refractivity contribution in [2.75, 3.05) is 7.05 Å². The maximum atomic E-state index is 13.8. The Balaban J connectivity index is 2.09. The van der Waals surface area contributed by atoms with Crippen molar-refractivity contribution < 1.29 is 4.39 Å². The smallest absolute Gasteiger partial charge is 0.127 e. The minimum atomic E-state index is -0.224. The van der Waals surface area contributed by atoms with Crippen LogP contribution in [0.4, 0.5) is 4.39 Å². The number of hydrogen-bond acceptors (Lipinski definition) is 3. The minimum Gasteiger partial charge on any atom is -0.389 e. The average Bonchev–Trinajstić information content (AvgIpc) is 2.84. The van der Waals surface area contributed by atoms with Gasteiger partial charge in [-0.15, -0.1) is 11.3 Å². The summed E-state index contributed by atoms with van der Waals surface area (Å²) in [7, 11) is 1.96. The van der Waals surface area contributed by atoms with Crippen LogP contribution < -0.4 is 5.73 Å². The summed E-state index contributed by atoms with van der Waals surface area (Å²) in [4.78, 5) is 3.61. The van der Waals surface area contributed by atoms with Crippen molar-refractivity contribution in [3.8, 4) is 0 Å². The van der Waals surface area contributed by atoms with Crippen LogP contribution in [0.25, 0.3) is 0 Å². The van der Waals surface area contributed by atoms with Crippen LogP contribution in [-0.4, -0.2) is 16.9 Å². The van der Waals surface area contributed by atoms with Gasteiger partial charge in [0, 0.05) is 29.1 Å².